The summed E-state index contributed by atoms with van der Waals surface area (Å²) in [6.45, 7) is 3.93. The van der Waals surface area contributed by atoms with Crippen LogP contribution in [0.3, 0.4) is 0 Å². The SMILES string of the molecule is CCCCNCC(OC)C(OC)OC. The van der Waals surface area contributed by atoms with Crippen LogP contribution >= 0.6 is 0 Å². The van der Waals surface area contributed by atoms with Crippen molar-refractivity contribution in [2.75, 3.05) is 34.4 Å². The predicted octanol–water partition coefficient (Wildman–Crippen LogP) is 1.01. The van der Waals surface area contributed by atoms with Crippen LogP contribution in [0.25, 0.3) is 0 Å². The molecular weight excluding hydrogens is 182 g/mol. The van der Waals surface area contributed by atoms with Crippen LogP contribution in [0.4, 0.5) is 0 Å². The zero-order chi connectivity index (χ0) is 10.8. The molecule has 0 aromatic rings. The summed E-state index contributed by atoms with van der Waals surface area (Å²) in [6.07, 6.45) is 2.03. The van der Waals surface area contributed by atoms with Crippen molar-refractivity contribution in [3.63, 3.8) is 0 Å². The van der Waals surface area contributed by atoms with E-state index in [1.807, 2.05) is 0 Å². The van der Waals surface area contributed by atoms with Crippen molar-refractivity contribution in [2.45, 2.75) is 32.2 Å². The van der Waals surface area contributed by atoms with E-state index in [1.165, 1.54) is 12.8 Å². The molecule has 0 radical (unpaired) electrons. The molecule has 0 bridgehead atoms. The number of ether oxygens (including phenoxy) is 3. The zero-order valence-corrected chi connectivity index (χ0v) is 9.71. The Balaban J connectivity index is 3.65. The van der Waals surface area contributed by atoms with Gasteiger partial charge in [-0.25, -0.2) is 0 Å². The van der Waals surface area contributed by atoms with Crippen LogP contribution in [-0.2, 0) is 14.2 Å². The lowest BCUT2D eigenvalue weighted by atomic mass is 10.3. The molecule has 0 rings (SSSR count). The zero-order valence-electron chi connectivity index (χ0n) is 9.71. The Labute approximate surface area is 86.9 Å². The lowest BCUT2D eigenvalue weighted by molar-refractivity contribution is -0.171. The summed E-state index contributed by atoms with van der Waals surface area (Å²) in [6, 6.07) is 0. The Kier molecular flexibility index (Phi) is 9.29. The first-order chi connectivity index (χ1) is 6.79. The van der Waals surface area contributed by atoms with E-state index >= 15 is 0 Å². The number of methoxy groups -OCH3 is 3. The number of nitrogens with one attached hydrogen (secondary N) is 1. The number of hydrogen-bond donors (Lipinski definition) is 1. The minimum absolute atomic E-state index is 0.0538. The number of rotatable bonds is 9. The van der Waals surface area contributed by atoms with Crippen LogP contribution in [0, 0.1) is 0 Å². The van der Waals surface area contributed by atoms with Crippen molar-refractivity contribution in [1.82, 2.24) is 5.32 Å². The molecule has 0 saturated carbocycles. The van der Waals surface area contributed by atoms with Gasteiger partial charge in [-0.1, -0.05) is 13.3 Å². The highest BCUT2D eigenvalue weighted by Crippen LogP contribution is 2.02. The van der Waals surface area contributed by atoms with E-state index in [0.717, 1.165) is 13.1 Å². The van der Waals surface area contributed by atoms with Gasteiger partial charge >= 0.3 is 0 Å². The van der Waals surface area contributed by atoms with Gasteiger partial charge in [-0.15, -0.1) is 0 Å². The standard InChI is InChI=1S/C10H23NO3/c1-5-6-7-11-8-9(12-2)10(13-3)14-4/h9-11H,5-8H2,1-4H3. The van der Waals surface area contributed by atoms with Crippen LogP contribution in [-0.4, -0.2) is 46.8 Å². The molecule has 0 fully saturated rings. The van der Waals surface area contributed by atoms with Crippen molar-refractivity contribution >= 4 is 0 Å². The van der Waals surface area contributed by atoms with E-state index < -0.39 is 0 Å². The lowest BCUT2D eigenvalue weighted by Crippen LogP contribution is -2.40. The van der Waals surface area contributed by atoms with Gasteiger partial charge in [0.1, 0.15) is 6.10 Å². The van der Waals surface area contributed by atoms with E-state index in [9.17, 15) is 0 Å². The van der Waals surface area contributed by atoms with Crippen LogP contribution in [0.15, 0.2) is 0 Å². The summed E-state index contributed by atoms with van der Waals surface area (Å²) >= 11 is 0. The Morgan fingerprint density at radius 3 is 2.14 bits per heavy atom. The molecule has 0 aliphatic carbocycles. The predicted molar refractivity (Wildman–Crippen MR) is 56.4 cm³/mol. The Bertz CT molecular complexity index is 118. The molecule has 4 heteroatoms. The van der Waals surface area contributed by atoms with Crippen LogP contribution in [0.5, 0.6) is 0 Å². The minimum Gasteiger partial charge on any atom is -0.375 e. The molecule has 4 nitrogen and oxygen atoms in total. The summed E-state index contributed by atoms with van der Waals surface area (Å²) in [5.74, 6) is 0. The molecule has 0 aromatic heterocycles. The third-order valence-electron chi connectivity index (χ3n) is 2.12. The van der Waals surface area contributed by atoms with Crippen molar-refractivity contribution in [1.29, 1.82) is 0 Å². The Morgan fingerprint density at radius 1 is 1.07 bits per heavy atom. The van der Waals surface area contributed by atoms with Crippen LogP contribution < -0.4 is 5.32 Å². The number of unbranched alkanes of at least 4 members (excludes halogenated alkanes) is 1. The van der Waals surface area contributed by atoms with E-state index in [1.54, 1.807) is 21.3 Å². The minimum atomic E-state index is -0.297. The van der Waals surface area contributed by atoms with Gasteiger partial charge in [-0.2, -0.15) is 0 Å². The second-order valence-corrected chi connectivity index (χ2v) is 3.17. The summed E-state index contributed by atoms with van der Waals surface area (Å²) < 4.78 is 15.5. The summed E-state index contributed by atoms with van der Waals surface area (Å²) in [5.41, 5.74) is 0. The van der Waals surface area contributed by atoms with Gasteiger partial charge in [0.2, 0.25) is 0 Å². The fraction of sp³-hybridized carbons (Fsp3) is 1.00. The van der Waals surface area contributed by atoms with Gasteiger partial charge in [0.05, 0.1) is 0 Å². The van der Waals surface area contributed by atoms with E-state index in [-0.39, 0.29) is 12.4 Å². The molecular formula is C10H23NO3. The third kappa shape index (κ3) is 5.54. The second-order valence-electron chi connectivity index (χ2n) is 3.17. The highest BCUT2D eigenvalue weighted by molar-refractivity contribution is 4.65. The molecule has 1 N–H and O–H groups in total. The van der Waals surface area contributed by atoms with Gasteiger partial charge < -0.3 is 19.5 Å². The average molecular weight is 205 g/mol. The molecule has 0 spiro atoms. The smallest absolute Gasteiger partial charge is 0.184 e. The quantitative estimate of drug-likeness (QED) is 0.450. The molecule has 0 heterocycles. The fourth-order valence-electron chi connectivity index (χ4n) is 1.24. The molecule has 0 saturated heterocycles. The molecule has 1 unspecified atom stereocenters. The molecule has 1 atom stereocenters. The Morgan fingerprint density at radius 2 is 1.71 bits per heavy atom. The van der Waals surface area contributed by atoms with Gasteiger partial charge in [0.15, 0.2) is 6.29 Å². The molecule has 0 amide bonds. The normalized spacial score (nSPS) is 13.5. The highest BCUT2D eigenvalue weighted by atomic mass is 16.7. The van der Waals surface area contributed by atoms with Crippen molar-refractivity contribution in [2.24, 2.45) is 0 Å². The first-order valence-electron chi connectivity index (χ1n) is 5.09. The molecule has 14 heavy (non-hydrogen) atoms. The first-order valence-corrected chi connectivity index (χ1v) is 5.09. The lowest BCUT2D eigenvalue weighted by Gasteiger charge is -2.23. The monoisotopic (exact) mass is 205 g/mol. The van der Waals surface area contributed by atoms with E-state index in [2.05, 4.69) is 12.2 Å². The fourth-order valence-corrected chi connectivity index (χ4v) is 1.24. The van der Waals surface area contributed by atoms with Crippen LogP contribution in [0.1, 0.15) is 19.8 Å². The third-order valence-corrected chi connectivity index (χ3v) is 2.12. The van der Waals surface area contributed by atoms with E-state index in [4.69, 9.17) is 14.2 Å². The van der Waals surface area contributed by atoms with Gasteiger partial charge in [0.25, 0.3) is 0 Å². The molecule has 0 aliphatic heterocycles. The summed E-state index contributed by atoms with van der Waals surface area (Å²) in [5, 5.41) is 3.30. The second kappa shape index (κ2) is 9.40. The molecule has 86 valence electrons. The van der Waals surface area contributed by atoms with Crippen molar-refractivity contribution < 1.29 is 14.2 Å². The summed E-state index contributed by atoms with van der Waals surface area (Å²) in [4.78, 5) is 0. The maximum Gasteiger partial charge on any atom is 0.184 e. The maximum atomic E-state index is 5.26. The van der Waals surface area contributed by atoms with Crippen molar-refractivity contribution in [3.05, 3.63) is 0 Å². The van der Waals surface area contributed by atoms with Gasteiger partial charge in [0, 0.05) is 27.9 Å². The largest absolute Gasteiger partial charge is 0.375 e. The maximum absolute atomic E-state index is 5.26. The molecule has 0 aliphatic rings. The highest BCUT2D eigenvalue weighted by Gasteiger charge is 2.19. The van der Waals surface area contributed by atoms with Crippen molar-refractivity contribution in [3.8, 4) is 0 Å². The van der Waals surface area contributed by atoms with Crippen LogP contribution in [0.2, 0.25) is 0 Å². The van der Waals surface area contributed by atoms with E-state index in [0.29, 0.717) is 0 Å². The Hall–Kier alpha value is -0.160. The molecule has 0 aromatic carbocycles. The first kappa shape index (κ1) is 13.8. The average Bonchev–Trinajstić information content (AvgIpc) is 2.23. The summed E-state index contributed by atoms with van der Waals surface area (Å²) in [7, 11) is 4.90. The topological polar surface area (TPSA) is 39.7 Å². The number of hydrogen-bond acceptors (Lipinski definition) is 4. The van der Waals surface area contributed by atoms with Gasteiger partial charge in [-0.3, -0.25) is 0 Å². The van der Waals surface area contributed by atoms with Gasteiger partial charge in [-0.05, 0) is 13.0 Å².